The fraction of sp³-hybridized carbons (Fsp3) is 0. The maximum Gasteiger partial charge on any atom is 0.167 e. The highest BCUT2D eigenvalue weighted by molar-refractivity contribution is 6.09. The molecule has 0 spiro atoms. The lowest BCUT2D eigenvalue weighted by atomic mass is 9.99. The summed E-state index contributed by atoms with van der Waals surface area (Å²) >= 11 is 0. The molecule has 7 nitrogen and oxygen atoms in total. The molecule has 0 bridgehead atoms. The molecule has 0 radical (unpaired) electrons. The molecular weight excluding hydrogens is 763 g/mol. The van der Waals surface area contributed by atoms with Crippen molar-refractivity contribution in [2.45, 2.75) is 0 Å². The van der Waals surface area contributed by atoms with Gasteiger partial charge in [-0.2, -0.15) is 0 Å². The Kier molecular flexibility index (Phi) is 8.35. The van der Waals surface area contributed by atoms with Gasteiger partial charge in [-0.25, -0.2) is 24.9 Å². The Morgan fingerprint density at radius 1 is 0.258 bits per heavy atom. The Bertz CT molecular complexity index is 3650. The number of nitrogens with zero attached hydrogens (tertiary/aromatic N) is 5. The largest absolute Gasteiger partial charge is 0.456 e. The van der Waals surface area contributed by atoms with Crippen LogP contribution in [0.1, 0.15) is 0 Å². The SMILES string of the molecule is c1ccc(-c2nc(-c3cccc(-c4cccc(-c5nc(-c6ccccc6)nc(-c6cccc7c6oc6ccccc67)n5)c4)c3)cc(-c3ccc4c(c3)oc3ccccc34)n2)cc1. The summed E-state index contributed by atoms with van der Waals surface area (Å²) in [6.07, 6.45) is 0. The quantitative estimate of drug-likeness (QED) is 0.159. The first-order chi connectivity index (χ1) is 30.7. The lowest BCUT2D eigenvalue weighted by Gasteiger charge is -2.12. The van der Waals surface area contributed by atoms with Crippen molar-refractivity contribution in [2.75, 3.05) is 0 Å². The Morgan fingerprint density at radius 2 is 0.726 bits per heavy atom. The maximum atomic E-state index is 6.43. The number of hydrogen-bond acceptors (Lipinski definition) is 7. The van der Waals surface area contributed by atoms with E-state index in [1.807, 2.05) is 121 Å². The van der Waals surface area contributed by atoms with Gasteiger partial charge in [-0.05, 0) is 59.7 Å². The molecule has 0 saturated carbocycles. The molecule has 62 heavy (non-hydrogen) atoms. The van der Waals surface area contributed by atoms with Gasteiger partial charge in [0.25, 0.3) is 0 Å². The molecule has 0 N–H and O–H groups in total. The fourth-order valence-electron chi connectivity index (χ4n) is 8.31. The van der Waals surface area contributed by atoms with E-state index in [0.29, 0.717) is 23.3 Å². The molecule has 0 unspecified atom stereocenters. The van der Waals surface area contributed by atoms with Crippen LogP contribution in [0.5, 0.6) is 0 Å². The van der Waals surface area contributed by atoms with Gasteiger partial charge in [0.15, 0.2) is 23.3 Å². The van der Waals surface area contributed by atoms with E-state index in [1.165, 1.54) is 0 Å². The Balaban J connectivity index is 0.958. The van der Waals surface area contributed by atoms with Crippen LogP contribution in [-0.2, 0) is 0 Å². The first kappa shape index (κ1) is 35.4. The predicted octanol–water partition coefficient (Wildman–Crippen LogP) is 14.1. The first-order valence-corrected chi connectivity index (χ1v) is 20.5. The third kappa shape index (κ3) is 6.28. The zero-order valence-electron chi connectivity index (χ0n) is 33.1. The van der Waals surface area contributed by atoms with Crippen molar-refractivity contribution in [3.63, 3.8) is 0 Å². The van der Waals surface area contributed by atoms with Gasteiger partial charge >= 0.3 is 0 Å². The lowest BCUT2D eigenvalue weighted by Crippen LogP contribution is -2.00. The molecule has 0 amide bonds. The number of benzene rings is 8. The number of hydrogen-bond donors (Lipinski definition) is 0. The summed E-state index contributed by atoms with van der Waals surface area (Å²) in [5.74, 6) is 2.33. The van der Waals surface area contributed by atoms with E-state index in [2.05, 4.69) is 78.9 Å². The van der Waals surface area contributed by atoms with Crippen molar-refractivity contribution in [1.29, 1.82) is 0 Å². The van der Waals surface area contributed by atoms with Crippen LogP contribution in [0, 0.1) is 0 Å². The van der Waals surface area contributed by atoms with E-state index in [-0.39, 0.29) is 0 Å². The Hall–Kier alpha value is -8.55. The fourth-order valence-corrected chi connectivity index (χ4v) is 8.31. The molecule has 12 aromatic rings. The van der Waals surface area contributed by atoms with E-state index in [4.69, 9.17) is 33.8 Å². The highest BCUT2D eigenvalue weighted by atomic mass is 16.3. The van der Waals surface area contributed by atoms with Crippen LogP contribution >= 0.6 is 0 Å². The molecule has 290 valence electrons. The second-order valence-corrected chi connectivity index (χ2v) is 15.3. The standard InChI is InChI=1S/C55H33N5O2/c1-3-14-34(15-4-1)52-56-46(33-47(57-52)39-28-29-43-41-22-7-9-26-48(41)61-50(43)32-39)38-20-11-18-36(30-38)37-19-12-21-40(31-37)54-58-53(35-16-5-2-6-17-35)59-55(60-54)45-25-13-24-44-42-23-8-10-27-49(42)62-51(44)45/h1-33H. The van der Waals surface area contributed by atoms with Gasteiger partial charge in [0.05, 0.1) is 17.0 Å². The molecule has 8 aromatic carbocycles. The van der Waals surface area contributed by atoms with Gasteiger partial charge in [-0.1, -0.05) is 152 Å². The Labute approximate surface area is 355 Å². The molecule has 7 heteroatoms. The minimum absolute atomic E-state index is 0.541. The number of para-hydroxylation sites is 3. The molecule has 4 heterocycles. The number of aromatic nitrogens is 5. The Morgan fingerprint density at radius 3 is 1.44 bits per heavy atom. The highest BCUT2D eigenvalue weighted by Crippen LogP contribution is 2.38. The summed E-state index contributed by atoms with van der Waals surface area (Å²) in [6.45, 7) is 0. The summed E-state index contributed by atoms with van der Waals surface area (Å²) in [7, 11) is 0. The smallest absolute Gasteiger partial charge is 0.167 e. The number of rotatable bonds is 7. The lowest BCUT2D eigenvalue weighted by molar-refractivity contribution is 0.669. The van der Waals surface area contributed by atoms with Crippen LogP contribution < -0.4 is 0 Å². The van der Waals surface area contributed by atoms with Crippen LogP contribution in [0.2, 0.25) is 0 Å². The van der Waals surface area contributed by atoms with Crippen LogP contribution in [0.4, 0.5) is 0 Å². The van der Waals surface area contributed by atoms with E-state index in [9.17, 15) is 0 Å². The average molecular weight is 796 g/mol. The van der Waals surface area contributed by atoms with Crippen LogP contribution in [0.15, 0.2) is 209 Å². The molecule has 12 rings (SSSR count). The molecule has 0 saturated heterocycles. The third-order valence-corrected chi connectivity index (χ3v) is 11.4. The highest BCUT2D eigenvalue weighted by Gasteiger charge is 2.19. The minimum atomic E-state index is 0.541. The topological polar surface area (TPSA) is 90.7 Å². The second kappa shape index (κ2) is 14.6. The van der Waals surface area contributed by atoms with Gasteiger partial charge < -0.3 is 8.83 Å². The van der Waals surface area contributed by atoms with Gasteiger partial charge in [-0.15, -0.1) is 0 Å². The molecule has 0 atom stereocenters. The summed E-state index contributed by atoms with van der Waals surface area (Å²) < 4.78 is 12.7. The van der Waals surface area contributed by atoms with E-state index in [0.717, 1.165) is 99.8 Å². The van der Waals surface area contributed by atoms with E-state index in [1.54, 1.807) is 0 Å². The molecule has 0 fully saturated rings. The van der Waals surface area contributed by atoms with Crippen molar-refractivity contribution in [2.24, 2.45) is 0 Å². The van der Waals surface area contributed by atoms with Gasteiger partial charge in [0, 0.05) is 49.4 Å². The van der Waals surface area contributed by atoms with Crippen LogP contribution in [0.25, 0.3) is 123 Å². The van der Waals surface area contributed by atoms with Crippen molar-refractivity contribution in [3.05, 3.63) is 200 Å². The molecule has 4 aromatic heterocycles. The summed E-state index contributed by atoms with van der Waals surface area (Å²) in [4.78, 5) is 25.4. The summed E-state index contributed by atoms with van der Waals surface area (Å²) in [5.41, 5.74) is 12.3. The van der Waals surface area contributed by atoms with Crippen LogP contribution in [-0.4, -0.2) is 24.9 Å². The van der Waals surface area contributed by atoms with Gasteiger partial charge in [-0.3, -0.25) is 0 Å². The maximum absolute atomic E-state index is 6.43. The normalized spacial score (nSPS) is 11.5. The van der Waals surface area contributed by atoms with Crippen molar-refractivity contribution >= 4 is 43.9 Å². The van der Waals surface area contributed by atoms with E-state index < -0.39 is 0 Å². The number of furan rings is 2. The van der Waals surface area contributed by atoms with E-state index >= 15 is 0 Å². The van der Waals surface area contributed by atoms with Crippen molar-refractivity contribution < 1.29 is 8.83 Å². The second-order valence-electron chi connectivity index (χ2n) is 15.3. The minimum Gasteiger partial charge on any atom is -0.456 e. The monoisotopic (exact) mass is 795 g/mol. The first-order valence-electron chi connectivity index (χ1n) is 20.5. The van der Waals surface area contributed by atoms with Crippen molar-refractivity contribution in [1.82, 2.24) is 24.9 Å². The molecule has 0 aliphatic heterocycles. The number of fused-ring (bicyclic) bond motifs is 6. The zero-order chi connectivity index (χ0) is 41.0. The third-order valence-electron chi connectivity index (χ3n) is 11.4. The summed E-state index contributed by atoms with van der Waals surface area (Å²) in [6, 6.07) is 67.6. The average Bonchev–Trinajstić information content (AvgIpc) is 3.93. The van der Waals surface area contributed by atoms with Gasteiger partial charge in [0.1, 0.15) is 22.3 Å². The van der Waals surface area contributed by atoms with Gasteiger partial charge in [0.2, 0.25) is 0 Å². The molecule has 0 aliphatic carbocycles. The molecular formula is C55H33N5O2. The summed E-state index contributed by atoms with van der Waals surface area (Å²) in [5, 5.41) is 4.24. The zero-order valence-corrected chi connectivity index (χ0v) is 33.1. The van der Waals surface area contributed by atoms with Crippen molar-refractivity contribution in [3.8, 4) is 79.2 Å². The molecule has 0 aliphatic rings. The van der Waals surface area contributed by atoms with Crippen LogP contribution in [0.3, 0.4) is 0 Å². The predicted molar refractivity (Wildman–Crippen MR) is 248 cm³/mol.